The van der Waals surface area contributed by atoms with E-state index in [4.69, 9.17) is 5.26 Å². The first kappa shape index (κ1) is 7.81. The first-order valence-corrected chi connectivity index (χ1v) is 3.78. The number of rotatable bonds is 0. The molecule has 1 rings (SSSR count). The Morgan fingerprint density at radius 2 is 2.36 bits per heavy atom. The monoisotopic (exact) mass is 145 g/mol. The van der Waals surface area contributed by atoms with Gasteiger partial charge < -0.3 is 0 Å². The van der Waals surface area contributed by atoms with Crippen LogP contribution in [0.2, 0.25) is 0 Å². The molecule has 1 aliphatic carbocycles. The molecule has 0 N–H and O–H groups in total. The summed E-state index contributed by atoms with van der Waals surface area (Å²) >= 11 is 0. The van der Waals surface area contributed by atoms with Crippen LogP contribution in [0.1, 0.15) is 13.3 Å². The number of nitriles is 1. The van der Waals surface area contributed by atoms with Crippen LogP contribution in [0.4, 0.5) is 0 Å². The molecule has 0 amide bonds. The lowest BCUT2D eigenvalue weighted by molar-refractivity contribution is 0.929. The van der Waals surface area contributed by atoms with Crippen molar-refractivity contribution in [1.82, 2.24) is 0 Å². The van der Waals surface area contributed by atoms with Crippen LogP contribution in [-0.4, -0.2) is 0 Å². The van der Waals surface area contributed by atoms with E-state index in [2.05, 4.69) is 25.1 Å². The van der Waals surface area contributed by atoms with E-state index in [-0.39, 0.29) is 0 Å². The van der Waals surface area contributed by atoms with Gasteiger partial charge in [-0.2, -0.15) is 5.26 Å². The van der Waals surface area contributed by atoms with E-state index in [0.717, 1.165) is 12.0 Å². The fraction of sp³-hybridized carbons (Fsp3) is 0.300. The molecule has 0 aromatic heterocycles. The van der Waals surface area contributed by atoms with Crippen molar-refractivity contribution in [3.05, 3.63) is 36.0 Å². The third-order valence-electron chi connectivity index (χ3n) is 1.62. The molecule has 56 valence electrons. The molecule has 1 nitrogen and oxygen atoms in total. The highest BCUT2D eigenvalue weighted by Crippen LogP contribution is 2.08. The molecule has 1 heteroatoms. The average Bonchev–Trinajstić information content (AvgIpc) is 1.98. The molecular weight excluding hydrogens is 134 g/mol. The zero-order valence-corrected chi connectivity index (χ0v) is 6.62. The maximum Gasteiger partial charge on any atom is 0.0988 e. The second kappa shape index (κ2) is 3.78. The average molecular weight is 145 g/mol. The lowest BCUT2D eigenvalue weighted by Gasteiger charge is -1.99. The number of allylic oxidation sites excluding steroid dienone is 6. The summed E-state index contributed by atoms with van der Waals surface area (Å²) in [6, 6.07) is 2.13. The molecular formula is C10H11N. The second-order valence-corrected chi connectivity index (χ2v) is 2.65. The summed E-state index contributed by atoms with van der Waals surface area (Å²) in [4.78, 5) is 0. The Labute approximate surface area is 67.3 Å². The minimum absolute atomic E-state index is 0.451. The molecule has 0 fully saturated rings. The van der Waals surface area contributed by atoms with Crippen LogP contribution in [0.3, 0.4) is 0 Å². The summed E-state index contributed by atoms with van der Waals surface area (Å²) in [5.41, 5.74) is 0.765. The number of hydrogen-bond donors (Lipinski definition) is 0. The van der Waals surface area contributed by atoms with Crippen molar-refractivity contribution in [2.24, 2.45) is 5.92 Å². The highest BCUT2D eigenvalue weighted by Gasteiger charge is 1.94. The van der Waals surface area contributed by atoms with E-state index in [9.17, 15) is 0 Å². The Balaban J connectivity index is 2.80. The molecule has 0 bridgehead atoms. The van der Waals surface area contributed by atoms with E-state index in [1.165, 1.54) is 0 Å². The molecule has 0 saturated carbocycles. The van der Waals surface area contributed by atoms with E-state index in [1.807, 2.05) is 18.2 Å². The molecule has 1 atom stereocenters. The zero-order chi connectivity index (χ0) is 8.10. The summed E-state index contributed by atoms with van der Waals surface area (Å²) in [5.74, 6) is 0.451. The van der Waals surface area contributed by atoms with Gasteiger partial charge in [0.1, 0.15) is 0 Å². The normalized spacial score (nSPS) is 28.0. The first-order chi connectivity index (χ1) is 5.33. The SMILES string of the molecule is CC1C=CC/C=C(/C#N)C=C1. The lowest BCUT2D eigenvalue weighted by atomic mass is 10.1. The van der Waals surface area contributed by atoms with Gasteiger partial charge in [0.2, 0.25) is 0 Å². The Hall–Kier alpha value is -1.29. The van der Waals surface area contributed by atoms with Crippen molar-refractivity contribution in [2.45, 2.75) is 13.3 Å². The van der Waals surface area contributed by atoms with Gasteiger partial charge in [0.05, 0.1) is 6.07 Å². The van der Waals surface area contributed by atoms with Gasteiger partial charge in [-0.15, -0.1) is 0 Å². The van der Waals surface area contributed by atoms with Crippen molar-refractivity contribution < 1.29 is 0 Å². The Kier molecular flexibility index (Phi) is 2.68. The van der Waals surface area contributed by atoms with Crippen LogP contribution in [0.15, 0.2) is 36.0 Å². The Morgan fingerprint density at radius 3 is 3.09 bits per heavy atom. The zero-order valence-electron chi connectivity index (χ0n) is 6.62. The Bertz CT molecular complexity index is 251. The van der Waals surface area contributed by atoms with Gasteiger partial charge in [-0.3, -0.25) is 0 Å². The van der Waals surface area contributed by atoms with E-state index in [0.29, 0.717) is 5.92 Å². The maximum absolute atomic E-state index is 8.60. The summed E-state index contributed by atoms with van der Waals surface area (Å²) in [7, 11) is 0. The standard InChI is InChI=1S/C10H11N/c1-9-4-2-3-5-10(8-11)7-6-9/h2,4-7,9H,3H2,1H3/b4-2?,7-6?,10-5+. The first-order valence-electron chi connectivity index (χ1n) is 3.78. The van der Waals surface area contributed by atoms with Gasteiger partial charge in [-0.1, -0.05) is 31.2 Å². The van der Waals surface area contributed by atoms with Crippen molar-refractivity contribution in [3.63, 3.8) is 0 Å². The van der Waals surface area contributed by atoms with Crippen molar-refractivity contribution in [1.29, 1.82) is 5.26 Å². The number of hydrogen-bond acceptors (Lipinski definition) is 1. The van der Waals surface area contributed by atoms with Crippen LogP contribution in [0, 0.1) is 17.2 Å². The fourth-order valence-electron chi connectivity index (χ4n) is 0.959. The molecule has 0 saturated heterocycles. The lowest BCUT2D eigenvalue weighted by Crippen LogP contribution is -1.85. The fourth-order valence-corrected chi connectivity index (χ4v) is 0.959. The molecule has 0 spiro atoms. The minimum atomic E-state index is 0.451. The summed E-state index contributed by atoms with van der Waals surface area (Å²) in [6.07, 6.45) is 10.9. The van der Waals surface area contributed by atoms with Crippen LogP contribution < -0.4 is 0 Å². The van der Waals surface area contributed by atoms with Gasteiger partial charge in [0.15, 0.2) is 0 Å². The quantitative estimate of drug-likeness (QED) is 0.480. The van der Waals surface area contributed by atoms with Gasteiger partial charge in [-0.05, 0) is 18.4 Å². The van der Waals surface area contributed by atoms with Crippen molar-refractivity contribution in [3.8, 4) is 6.07 Å². The highest BCUT2D eigenvalue weighted by molar-refractivity contribution is 5.34. The maximum atomic E-state index is 8.60. The molecule has 1 aliphatic rings. The van der Waals surface area contributed by atoms with Gasteiger partial charge in [-0.25, -0.2) is 0 Å². The van der Waals surface area contributed by atoms with E-state index < -0.39 is 0 Å². The molecule has 0 aromatic rings. The van der Waals surface area contributed by atoms with Gasteiger partial charge >= 0.3 is 0 Å². The van der Waals surface area contributed by atoms with E-state index in [1.54, 1.807) is 0 Å². The summed E-state index contributed by atoms with van der Waals surface area (Å²) in [6.45, 7) is 2.10. The topological polar surface area (TPSA) is 23.8 Å². The smallest absolute Gasteiger partial charge is 0.0988 e. The summed E-state index contributed by atoms with van der Waals surface area (Å²) in [5, 5.41) is 8.60. The molecule has 0 radical (unpaired) electrons. The molecule has 0 aliphatic heterocycles. The van der Waals surface area contributed by atoms with E-state index >= 15 is 0 Å². The largest absolute Gasteiger partial charge is 0.192 e. The van der Waals surface area contributed by atoms with Crippen molar-refractivity contribution >= 4 is 0 Å². The predicted molar refractivity (Wildman–Crippen MR) is 45.8 cm³/mol. The molecule has 11 heavy (non-hydrogen) atoms. The summed E-state index contributed by atoms with van der Waals surface area (Å²) < 4.78 is 0. The third-order valence-corrected chi connectivity index (χ3v) is 1.62. The molecule has 1 unspecified atom stereocenters. The van der Waals surface area contributed by atoms with Gasteiger partial charge in [0, 0.05) is 5.57 Å². The molecule has 0 aromatic carbocycles. The van der Waals surface area contributed by atoms with Gasteiger partial charge in [0.25, 0.3) is 0 Å². The second-order valence-electron chi connectivity index (χ2n) is 2.65. The predicted octanol–water partition coefficient (Wildman–Crippen LogP) is 2.59. The van der Waals surface area contributed by atoms with Crippen LogP contribution in [0.25, 0.3) is 0 Å². The van der Waals surface area contributed by atoms with Crippen LogP contribution in [-0.2, 0) is 0 Å². The molecule has 0 heterocycles. The van der Waals surface area contributed by atoms with Crippen LogP contribution in [0.5, 0.6) is 0 Å². The third kappa shape index (κ3) is 2.43. The Morgan fingerprint density at radius 1 is 1.55 bits per heavy atom. The van der Waals surface area contributed by atoms with Crippen LogP contribution >= 0.6 is 0 Å². The van der Waals surface area contributed by atoms with Crippen molar-refractivity contribution in [2.75, 3.05) is 0 Å². The minimum Gasteiger partial charge on any atom is -0.192 e. The number of nitrogens with zero attached hydrogens (tertiary/aromatic N) is 1. The highest BCUT2D eigenvalue weighted by atomic mass is 14.2.